The average Bonchev–Trinajstić information content (AvgIpc) is 3.20. The Morgan fingerprint density at radius 1 is 0.944 bits per heavy atom. The lowest BCUT2D eigenvalue weighted by atomic mass is 9.82. The van der Waals surface area contributed by atoms with Gasteiger partial charge in [-0.25, -0.2) is 0 Å². The first-order valence-corrected chi connectivity index (χ1v) is 12.5. The lowest BCUT2D eigenvalue weighted by Crippen LogP contribution is -2.48. The molecule has 0 radical (unpaired) electrons. The Kier molecular flexibility index (Phi) is 8.75. The summed E-state index contributed by atoms with van der Waals surface area (Å²) in [4.78, 5) is 11.8. The van der Waals surface area contributed by atoms with Gasteiger partial charge in [0.25, 0.3) is 0 Å². The highest BCUT2D eigenvalue weighted by Gasteiger charge is 2.52. The van der Waals surface area contributed by atoms with Crippen LogP contribution >= 0.6 is 0 Å². The molecule has 1 aliphatic carbocycles. The maximum Gasteiger partial charge on any atom is 0.306 e. The van der Waals surface area contributed by atoms with Crippen molar-refractivity contribution >= 4 is 5.97 Å². The van der Waals surface area contributed by atoms with E-state index in [0.717, 1.165) is 16.7 Å². The summed E-state index contributed by atoms with van der Waals surface area (Å²) in [6.45, 7) is 0.347. The van der Waals surface area contributed by atoms with Gasteiger partial charge >= 0.3 is 5.97 Å². The zero-order valence-electron chi connectivity index (χ0n) is 20.3. The van der Waals surface area contributed by atoms with Crippen LogP contribution in [-0.4, -0.2) is 45.7 Å². The lowest BCUT2D eigenvalue weighted by Gasteiger charge is -2.37. The molecule has 6 nitrogen and oxygen atoms in total. The molecular weight excluding hydrogens is 456 g/mol. The summed E-state index contributed by atoms with van der Waals surface area (Å²) < 4.78 is 12.0. The molecule has 0 aliphatic heterocycles. The standard InChI is InChI=1S/C30H34O6/c31-26(21-35-27-12-5-2-6-13-27)16-14-25-15-17-28(32)30(25,19-29(33)34)36-20-22-8-7-11-24(18-22)23-9-3-1-4-10-23/h1-13,18,25-26,28,31-32H,14-17,19-21H2,(H,33,34). The van der Waals surface area contributed by atoms with Crippen molar-refractivity contribution in [1.29, 1.82) is 0 Å². The van der Waals surface area contributed by atoms with Crippen molar-refractivity contribution in [2.45, 2.75) is 56.5 Å². The minimum absolute atomic E-state index is 0.151. The van der Waals surface area contributed by atoms with Crippen LogP contribution in [0.5, 0.6) is 5.75 Å². The van der Waals surface area contributed by atoms with Gasteiger partial charge in [-0.2, -0.15) is 0 Å². The van der Waals surface area contributed by atoms with Gasteiger partial charge in [0.15, 0.2) is 0 Å². The third-order valence-electron chi connectivity index (χ3n) is 7.05. The molecule has 3 aromatic rings. The van der Waals surface area contributed by atoms with Crippen LogP contribution in [0.15, 0.2) is 84.9 Å². The SMILES string of the molecule is O=C(O)CC1(OCc2cccc(-c3ccccc3)c2)C(O)CCC1CCC(O)COc1ccccc1. The van der Waals surface area contributed by atoms with Gasteiger partial charge in [-0.15, -0.1) is 0 Å². The van der Waals surface area contributed by atoms with E-state index in [1.807, 2.05) is 84.9 Å². The normalized spacial score (nSPS) is 22.3. The van der Waals surface area contributed by atoms with Gasteiger partial charge in [-0.05, 0) is 66.5 Å². The largest absolute Gasteiger partial charge is 0.491 e. The van der Waals surface area contributed by atoms with E-state index in [-0.39, 0.29) is 25.6 Å². The van der Waals surface area contributed by atoms with E-state index >= 15 is 0 Å². The molecule has 0 amide bonds. The summed E-state index contributed by atoms with van der Waals surface area (Å²) >= 11 is 0. The van der Waals surface area contributed by atoms with Crippen molar-refractivity contribution in [3.8, 4) is 16.9 Å². The number of aliphatic carboxylic acids is 1. The van der Waals surface area contributed by atoms with E-state index < -0.39 is 23.8 Å². The lowest BCUT2D eigenvalue weighted by molar-refractivity contribution is -0.168. The number of aliphatic hydroxyl groups excluding tert-OH is 2. The fourth-order valence-corrected chi connectivity index (χ4v) is 5.15. The van der Waals surface area contributed by atoms with Gasteiger partial charge < -0.3 is 24.8 Å². The van der Waals surface area contributed by atoms with Crippen LogP contribution in [-0.2, 0) is 16.1 Å². The van der Waals surface area contributed by atoms with Crippen molar-refractivity contribution in [3.63, 3.8) is 0 Å². The maximum atomic E-state index is 11.8. The van der Waals surface area contributed by atoms with Crippen molar-refractivity contribution in [1.82, 2.24) is 0 Å². The molecule has 1 saturated carbocycles. The van der Waals surface area contributed by atoms with E-state index in [2.05, 4.69) is 0 Å². The number of rotatable bonds is 12. The van der Waals surface area contributed by atoms with Crippen LogP contribution in [0.3, 0.4) is 0 Å². The zero-order chi connectivity index (χ0) is 25.4. The van der Waals surface area contributed by atoms with Crippen LogP contribution in [0.2, 0.25) is 0 Å². The number of hydrogen-bond donors (Lipinski definition) is 3. The highest BCUT2D eigenvalue weighted by Crippen LogP contribution is 2.45. The van der Waals surface area contributed by atoms with E-state index in [0.29, 0.717) is 31.4 Å². The summed E-state index contributed by atoms with van der Waals surface area (Å²) in [6, 6.07) is 27.3. The third kappa shape index (κ3) is 6.52. The highest BCUT2D eigenvalue weighted by molar-refractivity contribution is 5.68. The van der Waals surface area contributed by atoms with Crippen molar-refractivity contribution in [2.75, 3.05) is 6.61 Å². The van der Waals surface area contributed by atoms with Crippen molar-refractivity contribution < 1.29 is 29.6 Å². The number of carboxylic acids is 1. The molecule has 6 heteroatoms. The molecule has 0 heterocycles. The molecule has 0 saturated heterocycles. The van der Waals surface area contributed by atoms with Crippen LogP contribution in [0.25, 0.3) is 11.1 Å². The molecule has 0 bridgehead atoms. The number of carbonyl (C=O) groups is 1. The average molecular weight is 491 g/mol. The quantitative estimate of drug-likeness (QED) is 0.328. The second kappa shape index (κ2) is 12.2. The molecule has 190 valence electrons. The molecule has 3 aromatic carbocycles. The van der Waals surface area contributed by atoms with E-state index in [1.54, 1.807) is 0 Å². The van der Waals surface area contributed by atoms with Gasteiger partial charge in [0, 0.05) is 0 Å². The van der Waals surface area contributed by atoms with Crippen LogP contribution in [0.4, 0.5) is 0 Å². The predicted molar refractivity (Wildman–Crippen MR) is 138 cm³/mol. The number of carboxylic acid groups (broad SMARTS) is 1. The van der Waals surface area contributed by atoms with Gasteiger partial charge in [0.2, 0.25) is 0 Å². The Bertz CT molecular complexity index is 1100. The molecule has 1 fully saturated rings. The Hall–Kier alpha value is -3.19. The second-order valence-electron chi connectivity index (χ2n) is 9.53. The topological polar surface area (TPSA) is 96.2 Å². The fraction of sp³-hybridized carbons (Fsp3) is 0.367. The summed E-state index contributed by atoms with van der Waals surface area (Å²) in [5, 5.41) is 31.1. The van der Waals surface area contributed by atoms with Gasteiger partial charge in [-0.1, -0.05) is 66.7 Å². The Labute approximate surface area is 212 Å². The van der Waals surface area contributed by atoms with Gasteiger partial charge in [0.05, 0.1) is 25.2 Å². The van der Waals surface area contributed by atoms with Crippen LogP contribution in [0.1, 0.15) is 37.7 Å². The smallest absolute Gasteiger partial charge is 0.306 e. The molecule has 36 heavy (non-hydrogen) atoms. The number of benzene rings is 3. The Morgan fingerprint density at radius 3 is 2.36 bits per heavy atom. The molecular formula is C30H34O6. The molecule has 4 unspecified atom stereocenters. The first-order chi connectivity index (χ1) is 17.5. The molecule has 0 spiro atoms. The van der Waals surface area contributed by atoms with Crippen LogP contribution < -0.4 is 4.74 Å². The maximum absolute atomic E-state index is 11.8. The minimum atomic E-state index is -1.20. The number of ether oxygens (including phenoxy) is 2. The minimum Gasteiger partial charge on any atom is -0.491 e. The first kappa shape index (κ1) is 25.9. The number of hydrogen-bond acceptors (Lipinski definition) is 5. The number of aliphatic hydroxyl groups is 2. The van der Waals surface area contributed by atoms with Gasteiger partial charge in [0.1, 0.15) is 18.0 Å². The van der Waals surface area contributed by atoms with E-state index in [4.69, 9.17) is 9.47 Å². The van der Waals surface area contributed by atoms with Crippen LogP contribution in [0, 0.1) is 5.92 Å². The monoisotopic (exact) mass is 490 g/mol. The summed E-state index contributed by atoms with van der Waals surface area (Å²) in [6.07, 6.45) is 0.213. The number of para-hydroxylation sites is 1. The van der Waals surface area contributed by atoms with E-state index in [1.165, 1.54) is 0 Å². The third-order valence-corrected chi connectivity index (χ3v) is 7.05. The molecule has 1 aliphatic rings. The molecule has 3 N–H and O–H groups in total. The Morgan fingerprint density at radius 2 is 1.64 bits per heavy atom. The highest BCUT2D eigenvalue weighted by atomic mass is 16.5. The summed E-state index contributed by atoms with van der Waals surface area (Å²) in [7, 11) is 0. The van der Waals surface area contributed by atoms with E-state index in [9.17, 15) is 20.1 Å². The molecule has 0 aromatic heterocycles. The predicted octanol–water partition coefficient (Wildman–Crippen LogP) is 5.07. The summed E-state index contributed by atoms with van der Waals surface area (Å²) in [5.41, 5.74) is 1.85. The van der Waals surface area contributed by atoms with Crippen molar-refractivity contribution in [2.24, 2.45) is 5.92 Å². The first-order valence-electron chi connectivity index (χ1n) is 12.5. The van der Waals surface area contributed by atoms with Crippen molar-refractivity contribution in [3.05, 3.63) is 90.5 Å². The Balaban J connectivity index is 1.42. The van der Waals surface area contributed by atoms with Gasteiger partial charge in [-0.3, -0.25) is 4.79 Å². The fourth-order valence-electron chi connectivity index (χ4n) is 5.15. The molecule has 4 atom stereocenters. The summed E-state index contributed by atoms with van der Waals surface area (Å²) in [5.74, 6) is -0.506. The second-order valence-corrected chi connectivity index (χ2v) is 9.53. The molecule has 4 rings (SSSR count). The zero-order valence-corrected chi connectivity index (χ0v) is 20.3.